The van der Waals surface area contributed by atoms with E-state index in [4.69, 9.17) is 4.74 Å². The van der Waals surface area contributed by atoms with E-state index in [0.29, 0.717) is 12.5 Å². The molecule has 0 N–H and O–H groups in total. The molecule has 0 aromatic rings. The zero-order chi connectivity index (χ0) is 10.8. The van der Waals surface area contributed by atoms with Crippen LogP contribution >= 0.6 is 0 Å². The molecule has 0 aliphatic carbocycles. The monoisotopic (exact) mass is 198 g/mol. The van der Waals surface area contributed by atoms with Gasteiger partial charge in [-0.15, -0.1) is 0 Å². The third-order valence-electron chi connectivity index (χ3n) is 2.31. The van der Waals surface area contributed by atoms with E-state index in [2.05, 4.69) is 13.8 Å². The van der Waals surface area contributed by atoms with Gasteiger partial charge < -0.3 is 4.74 Å². The number of hydrogen-bond acceptors (Lipinski definition) is 2. The van der Waals surface area contributed by atoms with Crippen LogP contribution in [-0.2, 0) is 9.53 Å². The van der Waals surface area contributed by atoms with E-state index in [0.717, 1.165) is 12.8 Å². The highest BCUT2D eigenvalue weighted by atomic mass is 16.5. The molecule has 0 heterocycles. The van der Waals surface area contributed by atoms with Gasteiger partial charge in [-0.3, -0.25) is 0 Å². The van der Waals surface area contributed by atoms with Crippen LogP contribution in [0.3, 0.4) is 0 Å². The lowest BCUT2D eigenvalue weighted by Gasteiger charge is -2.13. The van der Waals surface area contributed by atoms with E-state index in [1.807, 2.05) is 6.92 Å². The molecule has 82 valence electrons. The summed E-state index contributed by atoms with van der Waals surface area (Å²) in [5.74, 6) is 0.312. The second-order valence-electron chi connectivity index (χ2n) is 3.55. The number of allylic oxidation sites excluding steroid dienone is 1. The smallest absolute Gasteiger partial charge is 0.330 e. The zero-order valence-electron chi connectivity index (χ0n) is 9.58. The van der Waals surface area contributed by atoms with E-state index in [-0.39, 0.29) is 5.97 Å². The fourth-order valence-corrected chi connectivity index (χ4v) is 1.28. The van der Waals surface area contributed by atoms with Crippen LogP contribution in [0, 0.1) is 5.92 Å². The fourth-order valence-electron chi connectivity index (χ4n) is 1.28. The molecule has 1 unspecified atom stereocenters. The minimum atomic E-state index is -0.220. The first-order valence-corrected chi connectivity index (χ1v) is 5.54. The van der Waals surface area contributed by atoms with Crippen LogP contribution in [0.15, 0.2) is 12.2 Å². The molecule has 0 aromatic carbocycles. The third-order valence-corrected chi connectivity index (χ3v) is 2.31. The lowest BCUT2D eigenvalue weighted by Crippen LogP contribution is -2.12. The number of hydrogen-bond donors (Lipinski definition) is 0. The first-order chi connectivity index (χ1) is 6.74. The Kier molecular flexibility index (Phi) is 8.30. The van der Waals surface area contributed by atoms with Crippen molar-refractivity contribution in [3.8, 4) is 0 Å². The molecular formula is C12H22O2. The molecule has 2 heteroatoms. The van der Waals surface area contributed by atoms with Gasteiger partial charge in [0.2, 0.25) is 0 Å². The number of carbonyl (C=O) groups excluding carboxylic acids is 1. The van der Waals surface area contributed by atoms with Gasteiger partial charge in [0.1, 0.15) is 0 Å². The number of esters is 1. The molecule has 0 fully saturated rings. The number of rotatable bonds is 7. The van der Waals surface area contributed by atoms with Gasteiger partial charge in [-0.25, -0.2) is 4.79 Å². The van der Waals surface area contributed by atoms with Crippen LogP contribution in [-0.4, -0.2) is 12.6 Å². The Morgan fingerprint density at radius 2 is 2.14 bits per heavy atom. The van der Waals surface area contributed by atoms with Crippen molar-refractivity contribution in [2.45, 2.75) is 46.5 Å². The molecule has 14 heavy (non-hydrogen) atoms. The van der Waals surface area contributed by atoms with Crippen LogP contribution < -0.4 is 0 Å². The number of ether oxygens (including phenoxy) is 1. The molecule has 0 aliphatic heterocycles. The molecule has 0 amide bonds. The Morgan fingerprint density at radius 3 is 2.64 bits per heavy atom. The third kappa shape index (κ3) is 6.70. The Hall–Kier alpha value is -0.790. The summed E-state index contributed by atoms with van der Waals surface area (Å²) in [6.07, 6.45) is 7.85. The van der Waals surface area contributed by atoms with Crippen LogP contribution in [0.5, 0.6) is 0 Å². The largest absolute Gasteiger partial charge is 0.462 e. The molecule has 0 aliphatic rings. The predicted octanol–water partition coefficient (Wildman–Crippen LogP) is 3.32. The first kappa shape index (κ1) is 13.2. The van der Waals surface area contributed by atoms with E-state index in [1.165, 1.54) is 18.9 Å². The quantitative estimate of drug-likeness (QED) is 0.463. The molecule has 2 nitrogen and oxygen atoms in total. The highest BCUT2D eigenvalue weighted by molar-refractivity contribution is 5.81. The topological polar surface area (TPSA) is 26.3 Å². The van der Waals surface area contributed by atoms with E-state index in [1.54, 1.807) is 6.08 Å². The minimum Gasteiger partial charge on any atom is -0.462 e. The summed E-state index contributed by atoms with van der Waals surface area (Å²) in [4.78, 5) is 11.0. The van der Waals surface area contributed by atoms with Crippen molar-refractivity contribution in [1.29, 1.82) is 0 Å². The van der Waals surface area contributed by atoms with Gasteiger partial charge in [0, 0.05) is 6.08 Å². The fraction of sp³-hybridized carbons (Fsp3) is 0.750. The Labute approximate surface area is 87.3 Å². The zero-order valence-corrected chi connectivity index (χ0v) is 9.58. The molecule has 0 bridgehead atoms. The van der Waals surface area contributed by atoms with E-state index in [9.17, 15) is 4.79 Å². The Bertz CT molecular complexity index is 173. The van der Waals surface area contributed by atoms with Gasteiger partial charge in [0.05, 0.1) is 6.61 Å². The molecule has 0 radical (unpaired) electrons. The average Bonchev–Trinajstić information content (AvgIpc) is 2.19. The Morgan fingerprint density at radius 1 is 1.43 bits per heavy atom. The minimum absolute atomic E-state index is 0.220. The van der Waals surface area contributed by atoms with Gasteiger partial charge in [-0.2, -0.15) is 0 Å². The van der Waals surface area contributed by atoms with Crippen LogP contribution in [0.1, 0.15) is 46.5 Å². The number of carbonyl (C=O) groups is 1. The standard InChI is InChI=1S/C12H22O2/c1-4-7-9-11(6-3)10-14-12(13)8-5-2/h5,8,11H,4,6-7,9-10H2,1-3H3. The predicted molar refractivity (Wildman–Crippen MR) is 59.1 cm³/mol. The second-order valence-corrected chi connectivity index (χ2v) is 3.55. The molecule has 0 saturated carbocycles. The maximum Gasteiger partial charge on any atom is 0.330 e. The van der Waals surface area contributed by atoms with Crippen molar-refractivity contribution in [1.82, 2.24) is 0 Å². The molecule has 0 rings (SSSR count). The maximum atomic E-state index is 11.0. The van der Waals surface area contributed by atoms with Crippen molar-refractivity contribution in [2.24, 2.45) is 5.92 Å². The first-order valence-electron chi connectivity index (χ1n) is 5.54. The van der Waals surface area contributed by atoms with Gasteiger partial charge in [0.25, 0.3) is 0 Å². The molecule has 1 atom stereocenters. The number of unbranched alkanes of at least 4 members (excludes halogenated alkanes) is 1. The van der Waals surface area contributed by atoms with Gasteiger partial charge in [-0.1, -0.05) is 39.2 Å². The van der Waals surface area contributed by atoms with Crippen LogP contribution in [0.2, 0.25) is 0 Å². The molecule has 0 spiro atoms. The molecule has 0 saturated heterocycles. The van der Waals surface area contributed by atoms with E-state index >= 15 is 0 Å². The lowest BCUT2D eigenvalue weighted by molar-refractivity contribution is -0.139. The summed E-state index contributed by atoms with van der Waals surface area (Å²) >= 11 is 0. The highest BCUT2D eigenvalue weighted by Gasteiger charge is 2.07. The maximum absolute atomic E-state index is 11.0. The van der Waals surface area contributed by atoms with Gasteiger partial charge in [0.15, 0.2) is 0 Å². The van der Waals surface area contributed by atoms with Gasteiger partial charge >= 0.3 is 5.97 Å². The lowest BCUT2D eigenvalue weighted by atomic mass is 10.0. The molecule has 0 aromatic heterocycles. The summed E-state index contributed by atoms with van der Waals surface area (Å²) in [5, 5.41) is 0. The normalized spacial score (nSPS) is 13.1. The SMILES string of the molecule is CC=CC(=O)OCC(CC)CCCC. The van der Waals surface area contributed by atoms with Crippen molar-refractivity contribution >= 4 is 5.97 Å². The van der Waals surface area contributed by atoms with Crippen LogP contribution in [0.4, 0.5) is 0 Å². The van der Waals surface area contributed by atoms with E-state index < -0.39 is 0 Å². The van der Waals surface area contributed by atoms with Crippen molar-refractivity contribution in [3.05, 3.63) is 12.2 Å². The molecular weight excluding hydrogens is 176 g/mol. The summed E-state index contributed by atoms with van der Waals surface area (Å²) in [7, 11) is 0. The summed E-state index contributed by atoms with van der Waals surface area (Å²) in [5.41, 5.74) is 0. The van der Waals surface area contributed by atoms with Crippen molar-refractivity contribution < 1.29 is 9.53 Å². The summed E-state index contributed by atoms with van der Waals surface area (Å²) in [6.45, 7) is 6.71. The Balaban J connectivity index is 3.66. The van der Waals surface area contributed by atoms with Gasteiger partial charge in [-0.05, 0) is 19.3 Å². The summed E-state index contributed by atoms with van der Waals surface area (Å²) < 4.78 is 5.11. The van der Waals surface area contributed by atoms with Crippen LogP contribution in [0.25, 0.3) is 0 Å². The highest BCUT2D eigenvalue weighted by Crippen LogP contribution is 2.12. The second kappa shape index (κ2) is 8.79. The summed E-state index contributed by atoms with van der Waals surface area (Å²) in [6, 6.07) is 0. The van der Waals surface area contributed by atoms with Crippen molar-refractivity contribution in [2.75, 3.05) is 6.61 Å². The average molecular weight is 198 g/mol. The van der Waals surface area contributed by atoms with Crippen molar-refractivity contribution in [3.63, 3.8) is 0 Å².